The van der Waals surface area contributed by atoms with Gasteiger partial charge in [0.15, 0.2) is 5.82 Å². The molecular weight excluding hydrogens is 305 g/mol. The molecule has 0 spiro atoms. The van der Waals surface area contributed by atoms with Gasteiger partial charge in [-0.15, -0.1) is 0 Å². The van der Waals surface area contributed by atoms with Gasteiger partial charge < -0.3 is 0 Å². The Balaban J connectivity index is 1.82. The molecule has 1 saturated heterocycles. The molecule has 7 heteroatoms. The molecule has 1 unspecified atom stereocenters. The number of halogens is 3. The maximum Gasteiger partial charge on any atom is 0.451 e. The summed E-state index contributed by atoms with van der Waals surface area (Å²) >= 11 is 0. The second-order valence-corrected chi connectivity index (χ2v) is 5.92. The molecule has 2 heterocycles. The van der Waals surface area contributed by atoms with Crippen LogP contribution in [0.25, 0.3) is 11.4 Å². The van der Waals surface area contributed by atoms with Crippen molar-refractivity contribution in [2.24, 2.45) is 7.05 Å². The summed E-state index contributed by atoms with van der Waals surface area (Å²) in [5.74, 6) is -0.887. The first-order valence-corrected chi connectivity index (χ1v) is 7.69. The second-order valence-electron chi connectivity index (χ2n) is 5.92. The van der Waals surface area contributed by atoms with Crippen molar-refractivity contribution in [3.8, 4) is 11.4 Å². The zero-order valence-corrected chi connectivity index (χ0v) is 13.1. The van der Waals surface area contributed by atoms with E-state index in [1.165, 1.54) is 19.9 Å². The molecule has 1 aromatic heterocycles. The molecule has 0 bridgehead atoms. The molecular formula is C16H19F3N4. The second kappa shape index (κ2) is 5.96. The summed E-state index contributed by atoms with van der Waals surface area (Å²) in [6.07, 6.45) is -2.05. The molecule has 1 aliphatic heterocycles. The molecule has 23 heavy (non-hydrogen) atoms. The minimum Gasteiger partial charge on any atom is -0.297 e. The highest BCUT2D eigenvalue weighted by Gasteiger charge is 2.37. The Bertz CT molecular complexity index is 670. The van der Waals surface area contributed by atoms with Gasteiger partial charge >= 0.3 is 6.18 Å². The number of likely N-dealkylation sites (tertiary alicyclic amines) is 1. The first-order chi connectivity index (χ1) is 10.9. The number of hydrogen-bond donors (Lipinski definition) is 0. The Morgan fingerprint density at radius 3 is 2.22 bits per heavy atom. The zero-order chi connectivity index (χ0) is 16.6. The summed E-state index contributed by atoms with van der Waals surface area (Å²) in [6.45, 7) is 4.35. The number of benzene rings is 1. The van der Waals surface area contributed by atoms with E-state index in [0.29, 0.717) is 11.6 Å². The SMILES string of the molecule is CC(c1ccc(-c2nc(C(F)(F)F)n(C)n2)cc1)N1CCCC1. The van der Waals surface area contributed by atoms with E-state index in [1.807, 2.05) is 12.1 Å². The van der Waals surface area contributed by atoms with E-state index in [4.69, 9.17) is 0 Å². The summed E-state index contributed by atoms with van der Waals surface area (Å²) in [7, 11) is 1.25. The van der Waals surface area contributed by atoms with Crippen molar-refractivity contribution in [3.05, 3.63) is 35.7 Å². The Kier molecular flexibility index (Phi) is 4.14. The largest absolute Gasteiger partial charge is 0.451 e. The van der Waals surface area contributed by atoms with E-state index in [0.717, 1.165) is 23.3 Å². The number of aryl methyl sites for hydroxylation is 1. The number of alkyl halides is 3. The monoisotopic (exact) mass is 324 g/mol. The van der Waals surface area contributed by atoms with Crippen molar-refractivity contribution in [2.45, 2.75) is 32.0 Å². The zero-order valence-electron chi connectivity index (χ0n) is 13.1. The van der Waals surface area contributed by atoms with Gasteiger partial charge in [-0.05, 0) is 38.4 Å². The Labute approximate surface area is 132 Å². The van der Waals surface area contributed by atoms with Crippen molar-refractivity contribution < 1.29 is 13.2 Å². The van der Waals surface area contributed by atoms with Crippen molar-refractivity contribution in [1.82, 2.24) is 19.7 Å². The van der Waals surface area contributed by atoms with Gasteiger partial charge in [0.2, 0.25) is 5.82 Å². The molecule has 1 atom stereocenters. The van der Waals surface area contributed by atoms with Crippen LogP contribution in [-0.4, -0.2) is 32.8 Å². The fourth-order valence-corrected chi connectivity index (χ4v) is 3.00. The van der Waals surface area contributed by atoms with Crippen LogP contribution in [0.5, 0.6) is 0 Å². The first kappa shape index (κ1) is 16.0. The number of hydrogen-bond acceptors (Lipinski definition) is 3. The van der Waals surface area contributed by atoms with Crippen molar-refractivity contribution in [1.29, 1.82) is 0 Å². The van der Waals surface area contributed by atoms with Crippen LogP contribution in [-0.2, 0) is 13.2 Å². The van der Waals surface area contributed by atoms with Gasteiger partial charge in [0, 0.05) is 18.7 Å². The summed E-state index contributed by atoms with van der Waals surface area (Å²) in [5.41, 5.74) is 1.75. The third kappa shape index (κ3) is 3.24. The molecule has 1 aliphatic rings. The Morgan fingerprint density at radius 1 is 1.09 bits per heavy atom. The molecule has 0 amide bonds. The van der Waals surface area contributed by atoms with Crippen LogP contribution in [0, 0.1) is 0 Å². The quantitative estimate of drug-likeness (QED) is 0.864. The van der Waals surface area contributed by atoms with E-state index in [-0.39, 0.29) is 5.82 Å². The normalized spacial score (nSPS) is 17.6. The molecule has 124 valence electrons. The summed E-state index contributed by atoms with van der Waals surface area (Å²) < 4.78 is 39.1. The van der Waals surface area contributed by atoms with E-state index in [2.05, 4.69) is 21.9 Å². The third-order valence-electron chi connectivity index (χ3n) is 4.36. The molecule has 0 radical (unpaired) electrons. The summed E-state index contributed by atoms with van der Waals surface area (Å²) in [5, 5.41) is 3.87. The molecule has 3 rings (SSSR count). The van der Waals surface area contributed by atoms with Crippen LogP contribution in [0.1, 0.15) is 37.2 Å². The van der Waals surface area contributed by atoms with Crippen LogP contribution < -0.4 is 0 Å². The standard InChI is InChI=1S/C16H19F3N4/c1-11(23-9-3-4-10-23)12-5-7-13(8-6-12)14-20-15(16(17,18)19)22(2)21-14/h5-8,11H,3-4,9-10H2,1-2H3. The minimum absolute atomic E-state index is 0.0974. The summed E-state index contributed by atoms with van der Waals surface area (Å²) in [4.78, 5) is 6.03. The molecule has 2 aromatic rings. The third-order valence-corrected chi connectivity index (χ3v) is 4.36. The highest BCUT2D eigenvalue weighted by atomic mass is 19.4. The molecule has 0 saturated carbocycles. The fourth-order valence-electron chi connectivity index (χ4n) is 3.00. The van der Waals surface area contributed by atoms with Gasteiger partial charge in [-0.3, -0.25) is 4.90 Å². The van der Waals surface area contributed by atoms with Gasteiger partial charge in [-0.1, -0.05) is 24.3 Å². The topological polar surface area (TPSA) is 34.0 Å². The predicted molar refractivity (Wildman–Crippen MR) is 80.7 cm³/mol. The van der Waals surface area contributed by atoms with E-state index in [9.17, 15) is 13.2 Å². The Hall–Kier alpha value is -1.89. The van der Waals surface area contributed by atoms with Gasteiger partial charge in [0.25, 0.3) is 0 Å². The molecule has 0 aliphatic carbocycles. The van der Waals surface area contributed by atoms with Gasteiger partial charge in [0.05, 0.1) is 0 Å². The first-order valence-electron chi connectivity index (χ1n) is 7.69. The number of rotatable bonds is 3. The summed E-state index contributed by atoms with van der Waals surface area (Å²) in [6, 6.07) is 7.78. The average Bonchev–Trinajstić information content (AvgIpc) is 3.15. The van der Waals surface area contributed by atoms with Crippen LogP contribution in [0.2, 0.25) is 0 Å². The molecule has 1 fully saturated rings. The van der Waals surface area contributed by atoms with Crippen molar-refractivity contribution in [2.75, 3.05) is 13.1 Å². The van der Waals surface area contributed by atoms with Gasteiger partial charge in [0.1, 0.15) is 0 Å². The smallest absolute Gasteiger partial charge is 0.297 e. The highest BCUT2D eigenvalue weighted by Crippen LogP contribution is 2.30. The predicted octanol–water partition coefficient (Wildman–Crippen LogP) is 3.66. The van der Waals surface area contributed by atoms with Crippen molar-refractivity contribution in [3.63, 3.8) is 0 Å². The van der Waals surface area contributed by atoms with Crippen LogP contribution in [0.3, 0.4) is 0 Å². The Morgan fingerprint density at radius 2 is 1.70 bits per heavy atom. The fraction of sp³-hybridized carbons (Fsp3) is 0.500. The average molecular weight is 324 g/mol. The maximum absolute atomic E-state index is 12.8. The lowest BCUT2D eigenvalue weighted by molar-refractivity contribution is -0.147. The van der Waals surface area contributed by atoms with Crippen molar-refractivity contribution >= 4 is 0 Å². The maximum atomic E-state index is 12.8. The minimum atomic E-state index is -4.50. The van der Waals surface area contributed by atoms with Crippen LogP contribution in [0.4, 0.5) is 13.2 Å². The van der Waals surface area contributed by atoms with E-state index >= 15 is 0 Å². The molecule has 4 nitrogen and oxygen atoms in total. The highest BCUT2D eigenvalue weighted by molar-refractivity contribution is 5.55. The molecule has 0 N–H and O–H groups in total. The lowest BCUT2D eigenvalue weighted by Crippen LogP contribution is -2.23. The van der Waals surface area contributed by atoms with E-state index < -0.39 is 12.0 Å². The lowest BCUT2D eigenvalue weighted by atomic mass is 10.0. The van der Waals surface area contributed by atoms with Crippen LogP contribution >= 0.6 is 0 Å². The number of aromatic nitrogens is 3. The van der Waals surface area contributed by atoms with E-state index in [1.54, 1.807) is 12.1 Å². The number of nitrogens with zero attached hydrogens (tertiary/aromatic N) is 4. The van der Waals surface area contributed by atoms with Crippen LogP contribution in [0.15, 0.2) is 24.3 Å². The van der Waals surface area contributed by atoms with Gasteiger partial charge in [-0.25, -0.2) is 9.67 Å². The lowest BCUT2D eigenvalue weighted by Gasteiger charge is -2.24. The van der Waals surface area contributed by atoms with Gasteiger partial charge in [-0.2, -0.15) is 18.3 Å². The molecule has 1 aromatic carbocycles.